The first-order valence-electron chi connectivity index (χ1n) is 4.56. The van der Waals surface area contributed by atoms with Crippen LogP contribution in [0, 0.1) is 0 Å². The molecule has 1 amide bonds. The average molecular weight is 224 g/mol. The molecule has 5 heteroatoms. The number of rotatable bonds is 7. The second-order valence-corrected chi connectivity index (χ2v) is 3.54. The van der Waals surface area contributed by atoms with Gasteiger partial charge in [-0.05, 0) is 13.8 Å². The third kappa shape index (κ3) is 7.12. The Morgan fingerprint density at radius 2 is 2.14 bits per heavy atom. The van der Waals surface area contributed by atoms with Crippen LogP contribution in [0.25, 0.3) is 0 Å². The van der Waals surface area contributed by atoms with Crippen molar-refractivity contribution in [2.24, 2.45) is 0 Å². The third-order valence-electron chi connectivity index (χ3n) is 1.47. The second-order valence-electron chi connectivity index (χ2n) is 3.23. The van der Waals surface area contributed by atoms with Crippen LogP contribution in [-0.2, 0) is 14.3 Å². The molecule has 0 spiro atoms. The lowest BCUT2D eigenvalue weighted by atomic mass is 10.3. The molecule has 0 aliphatic rings. The van der Waals surface area contributed by atoms with Crippen molar-refractivity contribution < 1.29 is 14.3 Å². The van der Waals surface area contributed by atoms with Crippen molar-refractivity contribution in [1.82, 2.24) is 5.32 Å². The van der Waals surface area contributed by atoms with Crippen LogP contribution in [0.5, 0.6) is 0 Å². The zero-order valence-electron chi connectivity index (χ0n) is 8.88. The van der Waals surface area contributed by atoms with E-state index in [4.69, 9.17) is 21.1 Å². The fourth-order valence-corrected chi connectivity index (χ4v) is 1.00. The first-order valence-corrected chi connectivity index (χ1v) is 5.09. The van der Waals surface area contributed by atoms with Gasteiger partial charge in [0.2, 0.25) is 5.91 Å². The summed E-state index contributed by atoms with van der Waals surface area (Å²) in [7, 11) is 1.57. The molecule has 14 heavy (non-hydrogen) atoms. The van der Waals surface area contributed by atoms with Gasteiger partial charge in [0.05, 0.1) is 18.8 Å². The van der Waals surface area contributed by atoms with Crippen LogP contribution in [0.1, 0.15) is 13.8 Å². The highest BCUT2D eigenvalue weighted by atomic mass is 35.5. The van der Waals surface area contributed by atoms with E-state index >= 15 is 0 Å². The molecule has 0 rings (SSSR count). The summed E-state index contributed by atoms with van der Waals surface area (Å²) in [5.41, 5.74) is 0. The molecule has 0 aromatic rings. The normalized spacial score (nSPS) is 12.9. The van der Waals surface area contributed by atoms with Crippen molar-refractivity contribution in [2.75, 3.05) is 26.2 Å². The molecular formula is C9H18ClNO3. The van der Waals surface area contributed by atoms with E-state index in [-0.39, 0.29) is 24.7 Å². The molecule has 0 aromatic heterocycles. The van der Waals surface area contributed by atoms with Crippen molar-refractivity contribution in [3.63, 3.8) is 0 Å². The van der Waals surface area contributed by atoms with Crippen LogP contribution in [0.15, 0.2) is 0 Å². The summed E-state index contributed by atoms with van der Waals surface area (Å²) in [6, 6.07) is -0.148. The predicted molar refractivity (Wildman–Crippen MR) is 55.6 cm³/mol. The largest absolute Gasteiger partial charge is 0.383 e. The number of carbonyl (C=O) groups is 1. The SMILES string of the molecule is COCC(CCl)NC(=O)COC(C)C. The molecule has 1 atom stereocenters. The number of amides is 1. The van der Waals surface area contributed by atoms with E-state index in [0.717, 1.165) is 0 Å². The van der Waals surface area contributed by atoms with E-state index in [2.05, 4.69) is 5.32 Å². The third-order valence-corrected chi connectivity index (χ3v) is 1.84. The van der Waals surface area contributed by atoms with Gasteiger partial charge in [-0.25, -0.2) is 0 Å². The van der Waals surface area contributed by atoms with Crippen molar-refractivity contribution in [3.8, 4) is 0 Å². The number of ether oxygens (including phenoxy) is 2. The van der Waals surface area contributed by atoms with E-state index in [9.17, 15) is 4.79 Å². The first kappa shape index (κ1) is 13.7. The Hall–Kier alpha value is -0.320. The Kier molecular flexibility index (Phi) is 7.84. The fraction of sp³-hybridized carbons (Fsp3) is 0.889. The minimum atomic E-state index is -0.165. The van der Waals surface area contributed by atoms with E-state index in [1.54, 1.807) is 7.11 Å². The van der Waals surface area contributed by atoms with Crippen LogP contribution in [0.3, 0.4) is 0 Å². The molecule has 0 saturated carbocycles. The zero-order chi connectivity index (χ0) is 11.0. The van der Waals surface area contributed by atoms with Gasteiger partial charge >= 0.3 is 0 Å². The van der Waals surface area contributed by atoms with Gasteiger partial charge in [0.25, 0.3) is 0 Å². The van der Waals surface area contributed by atoms with E-state index < -0.39 is 0 Å². The standard InChI is InChI=1S/C9H18ClNO3/c1-7(2)14-6-9(12)11-8(4-10)5-13-3/h7-8H,4-6H2,1-3H3,(H,11,12). The highest BCUT2D eigenvalue weighted by Gasteiger charge is 2.11. The Labute approximate surface area is 89.9 Å². The highest BCUT2D eigenvalue weighted by Crippen LogP contribution is 1.91. The topological polar surface area (TPSA) is 47.6 Å². The molecule has 0 fully saturated rings. The molecular weight excluding hydrogens is 206 g/mol. The number of carbonyl (C=O) groups excluding carboxylic acids is 1. The van der Waals surface area contributed by atoms with Gasteiger partial charge < -0.3 is 14.8 Å². The van der Waals surface area contributed by atoms with Crippen molar-refractivity contribution in [1.29, 1.82) is 0 Å². The van der Waals surface area contributed by atoms with Gasteiger partial charge in [-0.3, -0.25) is 4.79 Å². The van der Waals surface area contributed by atoms with Gasteiger partial charge in [0.15, 0.2) is 0 Å². The molecule has 0 bridgehead atoms. The molecule has 0 radical (unpaired) electrons. The molecule has 1 unspecified atom stereocenters. The van der Waals surface area contributed by atoms with Crippen LogP contribution < -0.4 is 5.32 Å². The maximum absolute atomic E-state index is 11.2. The molecule has 0 aromatic carbocycles. The Balaban J connectivity index is 3.67. The fourth-order valence-electron chi connectivity index (χ4n) is 0.838. The summed E-state index contributed by atoms with van der Waals surface area (Å²) in [5, 5.41) is 2.70. The van der Waals surface area contributed by atoms with Crippen molar-refractivity contribution in [2.45, 2.75) is 26.0 Å². The molecule has 1 N–H and O–H groups in total. The molecule has 4 nitrogen and oxygen atoms in total. The monoisotopic (exact) mass is 223 g/mol. The Morgan fingerprint density at radius 1 is 1.50 bits per heavy atom. The summed E-state index contributed by atoms with van der Waals surface area (Å²) < 4.78 is 10.0. The Morgan fingerprint density at radius 3 is 2.57 bits per heavy atom. The number of hydrogen-bond acceptors (Lipinski definition) is 3. The second kappa shape index (κ2) is 8.03. The van der Waals surface area contributed by atoms with Gasteiger partial charge in [-0.2, -0.15) is 0 Å². The Bertz CT molecular complexity index is 164. The summed E-state index contributed by atoms with van der Waals surface area (Å²) >= 11 is 5.62. The summed E-state index contributed by atoms with van der Waals surface area (Å²) in [4.78, 5) is 11.2. The molecule has 0 aliphatic carbocycles. The van der Waals surface area contributed by atoms with E-state index in [1.807, 2.05) is 13.8 Å². The minimum Gasteiger partial charge on any atom is -0.383 e. The average Bonchev–Trinajstić information content (AvgIpc) is 2.14. The molecule has 0 heterocycles. The predicted octanol–water partition coefficient (Wildman–Crippen LogP) is 0.781. The van der Waals surface area contributed by atoms with Crippen molar-refractivity contribution >= 4 is 17.5 Å². The smallest absolute Gasteiger partial charge is 0.246 e. The molecule has 0 saturated heterocycles. The lowest BCUT2D eigenvalue weighted by Crippen LogP contribution is -2.41. The van der Waals surface area contributed by atoms with Gasteiger partial charge in [-0.15, -0.1) is 11.6 Å². The number of alkyl halides is 1. The summed E-state index contributed by atoms with van der Waals surface area (Å²) in [5.74, 6) is 0.169. The number of hydrogen-bond donors (Lipinski definition) is 1. The summed E-state index contributed by atoms with van der Waals surface area (Å²) in [6.07, 6.45) is 0.0534. The number of halogens is 1. The summed E-state index contributed by atoms with van der Waals surface area (Å²) in [6.45, 7) is 4.23. The van der Waals surface area contributed by atoms with Gasteiger partial charge in [-0.1, -0.05) is 0 Å². The first-order chi connectivity index (χ1) is 6.60. The highest BCUT2D eigenvalue weighted by molar-refractivity contribution is 6.18. The van der Waals surface area contributed by atoms with E-state index in [1.165, 1.54) is 0 Å². The van der Waals surface area contributed by atoms with Gasteiger partial charge in [0, 0.05) is 13.0 Å². The van der Waals surface area contributed by atoms with Crippen LogP contribution in [0.2, 0.25) is 0 Å². The maximum atomic E-state index is 11.2. The quantitative estimate of drug-likeness (QED) is 0.649. The maximum Gasteiger partial charge on any atom is 0.246 e. The molecule has 0 aliphatic heterocycles. The van der Waals surface area contributed by atoms with Crippen LogP contribution in [-0.4, -0.2) is 44.3 Å². The zero-order valence-corrected chi connectivity index (χ0v) is 9.63. The minimum absolute atomic E-state index is 0.0534. The number of nitrogens with one attached hydrogen (secondary N) is 1. The van der Waals surface area contributed by atoms with Gasteiger partial charge in [0.1, 0.15) is 6.61 Å². The molecule has 84 valence electrons. The van der Waals surface area contributed by atoms with Crippen LogP contribution >= 0.6 is 11.6 Å². The van der Waals surface area contributed by atoms with E-state index in [0.29, 0.717) is 12.5 Å². The lowest BCUT2D eigenvalue weighted by Gasteiger charge is -2.15. The number of methoxy groups -OCH3 is 1. The van der Waals surface area contributed by atoms with Crippen LogP contribution in [0.4, 0.5) is 0 Å². The van der Waals surface area contributed by atoms with Crippen molar-refractivity contribution in [3.05, 3.63) is 0 Å². The lowest BCUT2D eigenvalue weighted by molar-refractivity contribution is -0.128.